The van der Waals surface area contributed by atoms with E-state index in [2.05, 4.69) is 6.92 Å². The van der Waals surface area contributed by atoms with Crippen molar-refractivity contribution >= 4 is 0 Å². The Morgan fingerprint density at radius 3 is 2.50 bits per heavy atom. The first-order valence-electron chi connectivity index (χ1n) is 7.13. The van der Waals surface area contributed by atoms with Crippen molar-refractivity contribution in [1.82, 2.24) is 0 Å². The Morgan fingerprint density at radius 1 is 1.12 bits per heavy atom. The van der Waals surface area contributed by atoms with Gasteiger partial charge in [-0.1, -0.05) is 19.8 Å². The molecule has 0 aromatic heterocycles. The largest absolute Gasteiger partial charge is 0.378 e. The summed E-state index contributed by atoms with van der Waals surface area (Å²) in [7, 11) is 0. The summed E-state index contributed by atoms with van der Waals surface area (Å²) in [6, 6.07) is 0.385. The van der Waals surface area contributed by atoms with Gasteiger partial charge in [-0.25, -0.2) is 0 Å². The lowest BCUT2D eigenvalue weighted by atomic mass is 9.78. The third kappa shape index (κ3) is 3.46. The van der Waals surface area contributed by atoms with Crippen molar-refractivity contribution in [3.05, 3.63) is 0 Å². The first-order chi connectivity index (χ1) is 7.75. The maximum Gasteiger partial charge on any atom is 0.0590 e. The van der Waals surface area contributed by atoms with E-state index in [1.807, 2.05) is 0 Å². The molecule has 0 bridgehead atoms. The highest BCUT2D eigenvalue weighted by Gasteiger charge is 2.26. The minimum atomic E-state index is 0.385. The third-order valence-corrected chi connectivity index (χ3v) is 4.48. The highest BCUT2D eigenvalue weighted by molar-refractivity contribution is 4.81. The van der Waals surface area contributed by atoms with Gasteiger partial charge in [0.1, 0.15) is 0 Å². The Kier molecular flexibility index (Phi) is 4.66. The molecule has 0 aromatic rings. The summed E-state index contributed by atoms with van der Waals surface area (Å²) in [6.45, 7) is 3.32. The maximum atomic E-state index is 6.34. The van der Waals surface area contributed by atoms with Crippen LogP contribution >= 0.6 is 0 Å². The molecule has 0 radical (unpaired) electrons. The molecule has 16 heavy (non-hydrogen) atoms. The monoisotopic (exact) mass is 225 g/mol. The quantitative estimate of drug-likeness (QED) is 0.801. The molecule has 94 valence electrons. The average molecular weight is 225 g/mol. The lowest BCUT2D eigenvalue weighted by molar-refractivity contribution is 0.00236. The van der Waals surface area contributed by atoms with Crippen molar-refractivity contribution in [2.75, 3.05) is 6.61 Å². The molecule has 1 saturated heterocycles. The SMILES string of the molecule is CC1CCC(C(N)CC2CCCCO2)CC1. The van der Waals surface area contributed by atoms with Gasteiger partial charge in [0.05, 0.1) is 6.10 Å². The van der Waals surface area contributed by atoms with Gasteiger partial charge in [-0.15, -0.1) is 0 Å². The lowest BCUT2D eigenvalue weighted by Crippen LogP contribution is -2.37. The summed E-state index contributed by atoms with van der Waals surface area (Å²) in [6.07, 6.45) is 10.8. The van der Waals surface area contributed by atoms with Crippen LogP contribution in [0.1, 0.15) is 58.3 Å². The molecular formula is C14H27NO. The fourth-order valence-corrected chi connectivity index (χ4v) is 3.20. The number of rotatable bonds is 3. The van der Waals surface area contributed by atoms with E-state index in [-0.39, 0.29) is 0 Å². The first-order valence-corrected chi connectivity index (χ1v) is 7.13. The Balaban J connectivity index is 1.72. The molecule has 1 aliphatic heterocycles. The summed E-state index contributed by atoms with van der Waals surface area (Å²) in [5.41, 5.74) is 6.34. The van der Waals surface area contributed by atoms with Crippen LogP contribution in [0.4, 0.5) is 0 Å². The molecule has 1 aliphatic carbocycles. The molecule has 2 atom stereocenters. The van der Waals surface area contributed by atoms with E-state index >= 15 is 0 Å². The molecule has 0 spiro atoms. The van der Waals surface area contributed by atoms with Gasteiger partial charge in [0.15, 0.2) is 0 Å². The van der Waals surface area contributed by atoms with Crippen molar-refractivity contribution in [2.45, 2.75) is 70.4 Å². The Bertz CT molecular complexity index is 193. The van der Waals surface area contributed by atoms with Crippen LogP contribution in [-0.4, -0.2) is 18.8 Å². The van der Waals surface area contributed by atoms with Gasteiger partial charge in [0.25, 0.3) is 0 Å². The van der Waals surface area contributed by atoms with Crippen LogP contribution in [0.3, 0.4) is 0 Å². The topological polar surface area (TPSA) is 35.2 Å². The standard InChI is InChI=1S/C14H27NO/c1-11-5-7-12(8-6-11)14(15)10-13-4-2-3-9-16-13/h11-14H,2-10,15H2,1H3. The summed E-state index contributed by atoms with van der Waals surface area (Å²) in [5.74, 6) is 1.69. The second-order valence-electron chi connectivity index (χ2n) is 5.91. The molecule has 2 heteroatoms. The average Bonchev–Trinajstić information content (AvgIpc) is 2.31. The molecule has 2 fully saturated rings. The number of hydrogen-bond donors (Lipinski definition) is 1. The van der Waals surface area contributed by atoms with E-state index in [4.69, 9.17) is 10.5 Å². The van der Waals surface area contributed by atoms with E-state index in [1.165, 1.54) is 44.9 Å². The molecule has 0 amide bonds. The van der Waals surface area contributed by atoms with E-state index in [1.54, 1.807) is 0 Å². The van der Waals surface area contributed by atoms with Crippen LogP contribution in [0.5, 0.6) is 0 Å². The van der Waals surface area contributed by atoms with Gasteiger partial charge in [-0.05, 0) is 50.4 Å². The Hall–Kier alpha value is -0.0800. The molecular weight excluding hydrogens is 198 g/mol. The molecule has 2 N–H and O–H groups in total. The number of ether oxygens (including phenoxy) is 1. The molecule has 2 aliphatic rings. The fraction of sp³-hybridized carbons (Fsp3) is 1.00. The predicted octanol–water partition coefficient (Wildman–Crippen LogP) is 3.10. The molecule has 1 saturated carbocycles. The van der Waals surface area contributed by atoms with E-state index in [0.717, 1.165) is 24.9 Å². The van der Waals surface area contributed by atoms with Crippen LogP contribution in [-0.2, 0) is 4.74 Å². The van der Waals surface area contributed by atoms with Crippen molar-refractivity contribution in [3.63, 3.8) is 0 Å². The van der Waals surface area contributed by atoms with E-state index in [0.29, 0.717) is 12.1 Å². The van der Waals surface area contributed by atoms with Crippen LogP contribution in [0, 0.1) is 11.8 Å². The van der Waals surface area contributed by atoms with Gasteiger partial charge in [-0.3, -0.25) is 0 Å². The third-order valence-electron chi connectivity index (χ3n) is 4.48. The minimum Gasteiger partial charge on any atom is -0.378 e. The molecule has 2 nitrogen and oxygen atoms in total. The normalized spacial score (nSPS) is 38.2. The second kappa shape index (κ2) is 6.02. The van der Waals surface area contributed by atoms with Crippen molar-refractivity contribution in [3.8, 4) is 0 Å². The zero-order valence-electron chi connectivity index (χ0n) is 10.7. The van der Waals surface area contributed by atoms with Crippen molar-refractivity contribution < 1.29 is 4.74 Å². The van der Waals surface area contributed by atoms with Gasteiger partial charge in [0.2, 0.25) is 0 Å². The van der Waals surface area contributed by atoms with E-state index < -0.39 is 0 Å². The maximum absolute atomic E-state index is 6.34. The predicted molar refractivity (Wildman–Crippen MR) is 67.3 cm³/mol. The zero-order chi connectivity index (χ0) is 11.4. The van der Waals surface area contributed by atoms with E-state index in [9.17, 15) is 0 Å². The van der Waals surface area contributed by atoms with Crippen LogP contribution in [0.2, 0.25) is 0 Å². The van der Waals surface area contributed by atoms with Crippen molar-refractivity contribution in [2.24, 2.45) is 17.6 Å². The van der Waals surface area contributed by atoms with Crippen LogP contribution in [0.15, 0.2) is 0 Å². The molecule has 2 unspecified atom stereocenters. The molecule has 0 aromatic carbocycles. The summed E-state index contributed by atoms with van der Waals surface area (Å²) < 4.78 is 5.78. The van der Waals surface area contributed by atoms with Crippen molar-refractivity contribution in [1.29, 1.82) is 0 Å². The smallest absolute Gasteiger partial charge is 0.0590 e. The van der Waals surface area contributed by atoms with Gasteiger partial charge in [-0.2, -0.15) is 0 Å². The second-order valence-corrected chi connectivity index (χ2v) is 5.91. The highest BCUT2D eigenvalue weighted by Crippen LogP contribution is 2.32. The fourth-order valence-electron chi connectivity index (χ4n) is 3.20. The summed E-state index contributed by atoms with van der Waals surface area (Å²) in [4.78, 5) is 0. The number of nitrogens with two attached hydrogens (primary N) is 1. The summed E-state index contributed by atoms with van der Waals surface area (Å²) >= 11 is 0. The Morgan fingerprint density at radius 2 is 1.88 bits per heavy atom. The first kappa shape index (κ1) is 12.4. The molecule has 2 rings (SSSR count). The zero-order valence-corrected chi connectivity index (χ0v) is 10.7. The lowest BCUT2D eigenvalue weighted by Gasteiger charge is -2.33. The highest BCUT2D eigenvalue weighted by atomic mass is 16.5. The van der Waals surface area contributed by atoms with Gasteiger partial charge >= 0.3 is 0 Å². The van der Waals surface area contributed by atoms with Crippen LogP contribution in [0.25, 0.3) is 0 Å². The number of hydrogen-bond acceptors (Lipinski definition) is 2. The minimum absolute atomic E-state index is 0.385. The molecule has 1 heterocycles. The van der Waals surface area contributed by atoms with Gasteiger partial charge < -0.3 is 10.5 Å². The van der Waals surface area contributed by atoms with Crippen LogP contribution < -0.4 is 5.73 Å². The summed E-state index contributed by atoms with van der Waals surface area (Å²) in [5, 5.41) is 0. The Labute approximate surface area is 99.9 Å². The van der Waals surface area contributed by atoms with Gasteiger partial charge in [0, 0.05) is 12.6 Å².